The molecule has 0 aliphatic heterocycles. The Morgan fingerprint density at radius 3 is 2.43 bits per heavy atom. The summed E-state index contributed by atoms with van der Waals surface area (Å²) in [6.07, 6.45) is 0. The maximum absolute atomic E-state index is 11.4. The summed E-state index contributed by atoms with van der Waals surface area (Å²) >= 11 is 0. The van der Waals surface area contributed by atoms with Crippen LogP contribution in [0.1, 0.15) is 6.92 Å². The van der Waals surface area contributed by atoms with Gasteiger partial charge < -0.3 is 5.73 Å². The number of hydrogen-bond donors (Lipinski definition) is 2. The SMILES string of the molecule is C[C@H](N)C(=O)N([NH+]=O)c1ccccc1. The molecule has 0 unspecified atom stereocenters. The molecule has 0 aliphatic carbocycles. The van der Waals surface area contributed by atoms with E-state index in [4.69, 9.17) is 5.73 Å². The molecule has 14 heavy (non-hydrogen) atoms. The standard InChI is InChI=1S/C9H11N3O2/c1-7(10)9(13)12(11-14)8-5-3-2-4-6-8/h2-7H,10H2,1H3/p+1/t7-/m0/s1. The van der Waals surface area contributed by atoms with Crippen molar-refractivity contribution in [2.75, 3.05) is 5.01 Å². The average molecular weight is 194 g/mol. The van der Waals surface area contributed by atoms with Gasteiger partial charge in [-0.1, -0.05) is 18.2 Å². The van der Waals surface area contributed by atoms with Crippen LogP contribution in [0.25, 0.3) is 0 Å². The van der Waals surface area contributed by atoms with E-state index >= 15 is 0 Å². The van der Waals surface area contributed by atoms with Gasteiger partial charge >= 0.3 is 5.91 Å². The Morgan fingerprint density at radius 2 is 2.00 bits per heavy atom. The maximum atomic E-state index is 11.4. The second-order valence-electron chi connectivity index (χ2n) is 2.89. The van der Waals surface area contributed by atoms with E-state index in [1.807, 2.05) is 0 Å². The summed E-state index contributed by atoms with van der Waals surface area (Å²) in [4.78, 5) is 22.0. The highest BCUT2D eigenvalue weighted by Crippen LogP contribution is 2.08. The molecular formula is C9H12N3O2+. The molecule has 1 atom stereocenters. The van der Waals surface area contributed by atoms with Gasteiger partial charge in [0.1, 0.15) is 11.0 Å². The highest BCUT2D eigenvalue weighted by molar-refractivity contribution is 5.94. The number of nitrogens with zero attached hydrogens (tertiary/aromatic N) is 1. The van der Waals surface area contributed by atoms with Gasteiger partial charge in [0.25, 0.3) is 0 Å². The average Bonchev–Trinajstić information content (AvgIpc) is 2.20. The summed E-state index contributed by atoms with van der Waals surface area (Å²) in [5.41, 5.74) is 5.86. The second kappa shape index (κ2) is 4.48. The van der Waals surface area contributed by atoms with E-state index < -0.39 is 11.9 Å². The van der Waals surface area contributed by atoms with Crippen molar-refractivity contribution in [1.29, 1.82) is 0 Å². The Labute approximate surface area is 81.5 Å². The number of hydrogen-bond acceptors (Lipinski definition) is 3. The van der Waals surface area contributed by atoms with Gasteiger partial charge in [0, 0.05) is 4.91 Å². The van der Waals surface area contributed by atoms with Crippen molar-refractivity contribution >= 4 is 11.6 Å². The Hall–Kier alpha value is -1.75. The predicted octanol–water partition coefficient (Wildman–Crippen LogP) is -0.871. The van der Waals surface area contributed by atoms with Gasteiger partial charge in [-0.15, -0.1) is 0 Å². The van der Waals surface area contributed by atoms with E-state index in [-0.39, 0.29) is 0 Å². The first-order chi connectivity index (χ1) is 6.66. The van der Waals surface area contributed by atoms with Crippen molar-refractivity contribution in [3.05, 3.63) is 35.2 Å². The minimum atomic E-state index is -0.711. The van der Waals surface area contributed by atoms with E-state index in [0.29, 0.717) is 5.69 Å². The number of nitrogens with two attached hydrogens (primary N) is 1. The van der Waals surface area contributed by atoms with Crippen LogP contribution in [0.3, 0.4) is 0 Å². The van der Waals surface area contributed by atoms with Gasteiger partial charge in [0.2, 0.25) is 0 Å². The van der Waals surface area contributed by atoms with Crippen molar-refractivity contribution in [3.8, 4) is 0 Å². The lowest BCUT2D eigenvalue weighted by Crippen LogP contribution is -2.82. The minimum absolute atomic E-state index is 0.466. The lowest BCUT2D eigenvalue weighted by atomic mass is 10.2. The van der Waals surface area contributed by atoms with Gasteiger partial charge in [-0.05, 0) is 24.1 Å². The molecule has 0 saturated carbocycles. The molecule has 1 aromatic carbocycles. The molecule has 0 bridgehead atoms. The monoisotopic (exact) mass is 194 g/mol. The molecule has 5 nitrogen and oxygen atoms in total. The number of nitrogens with one attached hydrogen (secondary N) is 1. The number of rotatable bonds is 3. The molecule has 5 heteroatoms. The van der Waals surface area contributed by atoms with Crippen molar-refractivity contribution < 1.29 is 10.1 Å². The third-order valence-electron chi connectivity index (χ3n) is 1.72. The fourth-order valence-corrected chi connectivity index (χ4v) is 1.01. The van der Waals surface area contributed by atoms with Gasteiger partial charge in [-0.2, -0.15) is 0 Å². The van der Waals surface area contributed by atoms with Crippen LogP contribution in [0.5, 0.6) is 0 Å². The molecule has 1 aromatic rings. The topological polar surface area (TPSA) is 77.4 Å². The molecule has 1 rings (SSSR count). The van der Waals surface area contributed by atoms with Crippen LogP contribution in [0.4, 0.5) is 5.69 Å². The molecule has 74 valence electrons. The zero-order chi connectivity index (χ0) is 10.6. The second-order valence-corrected chi connectivity index (χ2v) is 2.89. The molecule has 0 heterocycles. The first-order valence-corrected chi connectivity index (χ1v) is 4.19. The summed E-state index contributed by atoms with van der Waals surface area (Å²) in [5, 5.41) is 2.43. The summed E-state index contributed by atoms with van der Waals surface area (Å²) in [7, 11) is 0. The molecule has 0 fully saturated rings. The Bertz CT molecular complexity index is 324. The van der Waals surface area contributed by atoms with Crippen LogP contribution in [0, 0.1) is 4.91 Å². The van der Waals surface area contributed by atoms with Gasteiger partial charge in [0.15, 0.2) is 0 Å². The van der Waals surface area contributed by atoms with Crippen LogP contribution in [0.15, 0.2) is 30.3 Å². The number of hydrazine groups is 1. The van der Waals surface area contributed by atoms with E-state index in [2.05, 4.69) is 0 Å². The molecule has 3 N–H and O–H groups in total. The lowest BCUT2D eigenvalue weighted by molar-refractivity contribution is -0.484. The van der Waals surface area contributed by atoms with E-state index in [9.17, 15) is 9.70 Å². The van der Waals surface area contributed by atoms with Gasteiger partial charge in [0.05, 0.1) is 6.04 Å². The molecule has 0 aromatic heterocycles. The zero-order valence-corrected chi connectivity index (χ0v) is 7.81. The fraction of sp³-hybridized carbons (Fsp3) is 0.222. The van der Waals surface area contributed by atoms with Crippen LogP contribution in [0.2, 0.25) is 0 Å². The van der Waals surface area contributed by atoms with Crippen LogP contribution in [-0.2, 0) is 4.79 Å². The Kier molecular flexibility index (Phi) is 3.30. The van der Waals surface area contributed by atoms with Crippen LogP contribution >= 0.6 is 0 Å². The smallest absolute Gasteiger partial charge is 0.304 e. The number of amides is 1. The normalized spacial score (nSPS) is 11.9. The van der Waals surface area contributed by atoms with Gasteiger partial charge in [-0.25, -0.2) is 0 Å². The first-order valence-electron chi connectivity index (χ1n) is 4.19. The minimum Gasteiger partial charge on any atom is -0.320 e. The number of carbonyl (C=O) groups is 1. The first kappa shape index (κ1) is 10.3. The lowest BCUT2D eigenvalue weighted by Gasteiger charge is -2.09. The Balaban J connectivity index is 2.94. The highest BCUT2D eigenvalue weighted by Gasteiger charge is 2.24. The highest BCUT2D eigenvalue weighted by atomic mass is 16.3. The largest absolute Gasteiger partial charge is 0.320 e. The molecule has 0 aliphatic rings. The van der Waals surface area contributed by atoms with Crippen molar-refractivity contribution in [2.45, 2.75) is 13.0 Å². The van der Waals surface area contributed by atoms with E-state index in [1.165, 1.54) is 6.92 Å². The zero-order valence-electron chi connectivity index (χ0n) is 7.81. The number of benzene rings is 1. The summed E-state index contributed by atoms with van der Waals surface area (Å²) in [6, 6.07) is 7.83. The maximum Gasteiger partial charge on any atom is 0.304 e. The van der Waals surface area contributed by atoms with Crippen LogP contribution < -0.4 is 16.0 Å². The number of nitroso groups, excluding NO2 is 1. The predicted molar refractivity (Wildman–Crippen MR) is 51.9 cm³/mol. The number of para-hydroxylation sites is 1. The molecule has 0 saturated heterocycles. The van der Waals surface area contributed by atoms with Crippen molar-refractivity contribution in [2.24, 2.45) is 5.73 Å². The molecule has 0 radical (unpaired) electrons. The van der Waals surface area contributed by atoms with Crippen LogP contribution in [-0.4, -0.2) is 11.9 Å². The van der Waals surface area contributed by atoms with E-state index in [1.54, 1.807) is 35.6 Å². The third-order valence-corrected chi connectivity index (χ3v) is 1.72. The van der Waals surface area contributed by atoms with Crippen molar-refractivity contribution in [1.82, 2.24) is 0 Å². The molecule has 1 amide bonds. The van der Waals surface area contributed by atoms with Crippen molar-refractivity contribution in [3.63, 3.8) is 0 Å². The quantitative estimate of drug-likeness (QED) is 0.614. The Morgan fingerprint density at radius 1 is 1.43 bits per heavy atom. The fourth-order valence-electron chi connectivity index (χ4n) is 1.01. The summed E-state index contributed by atoms with van der Waals surface area (Å²) in [6.45, 7) is 1.52. The van der Waals surface area contributed by atoms with E-state index in [0.717, 1.165) is 5.01 Å². The number of carbonyl (C=O) groups excluding carboxylic acids is 1. The third kappa shape index (κ3) is 2.14. The summed E-state index contributed by atoms with van der Waals surface area (Å²) < 4.78 is 0. The summed E-state index contributed by atoms with van der Waals surface area (Å²) in [5.74, 6) is -0.466. The number of anilines is 1. The van der Waals surface area contributed by atoms with Gasteiger partial charge in [-0.3, -0.25) is 4.79 Å². The molecule has 0 spiro atoms. The molecular weight excluding hydrogens is 182 g/mol.